The van der Waals surface area contributed by atoms with Crippen molar-refractivity contribution in [3.05, 3.63) is 59.4 Å². The average molecular weight is 578 g/mol. The number of nitrogens with zero attached hydrogens (tertiary/aromatic N) is 5. The van der Waals surface area contributed by atoms with Gasteiger partial charge in [-0.2, -0.15) is 44.0 Å². The molecular weight excluding hydrogens is 563 g/mol. The Hall–Kier alpha value is -4.64. The lowest BCUT2D eigenvalue weighted by Gasteiger charge is -2.12. The van der Waals surface area contributed by atoms with Gasteiger partial charge in [0.15, 0.2) is 5.65 Å². The Balaban J connectivity index is 1.55. The molecule has 0 unspecified atom stereocenters. The summed E-state index contributed by atoms with van der Waals surface area (Å²) in [6.07, 6.45) is -14.6. The van der Waals surface area contributed by atoms with Gasteiger partial charge in [0.25, 0.3) is 11.6 Å². The number of benzene rings is 1. The van der Waals surface area contributed by atoms with Gasteiger partial charge >= 0.3 is 18.5 Å². The van der Waals surface area contributed by atoms with E-state index in [0.29, 0.717) is 0 Å². The van der Waals surface area contributed by atoms with E-state index in [1.54, 1.807) is 0 Å². The quantitative estimate of drug-likeness (QED) is 0.158. The van der Waals surface area contributed by atoms with Crippen molar-refractivity contribution >= 4 is 29.0 Å². The summed E-state index contributed by atoms with van der Waals surface area (Å²) in [7, 11) is 0. The van der Waals surface area contributed by atoms with Gasteiger partial charge in [-0.05, 0) is 24.3 Å². The fraction of sp³-hybridized carbons (Fsp3) is 0.227. The fourth-order valence-electron chi connectivity index (χ4n) is 3.38. The molecule has 9 nitrogen and oxygen atoms in total. The number of aromatic nitrogens is 5. The number of halogens is 9. The molecule has 0 radical (unpaired) electrons. The first-order valence-corrected chi connectivity index (χ1v) is 10.9. The highest BCUT2D eigenvalue weighted by molar-refractivity contribution is 6.03. The largest absolute Gasteiger partial charge is 0.455 e. The molecule has 18 heteroatoms. The zero-order valence-electron chi connectivity index (χ0n) is 19.6. The van der Waals surface area contributed by atoms with Crippen molar-refractivity contribution in [3.63, 3.8) is 0 Å². The highest BCUT2D eigenvalue weighted by atomic mass is 19.4. The van der Waals surface area contributed by atoms with Crippen molar-refractivity contribution in [2.24, 2.45) is 0 Å². The zero-order valence-corrected chi connectivity index (χ0v) is 19.6. The molecule has 3 heterocycles. The highest BCUT2D eigenvalue weighted by Gasteiger charge is 2.40. The monoisotopic (exact) mass is 578 g/mol. The molecule has 4 rings (SSSR count). The van der Waals surface area contributed by atoms with Gasteiger partial charge in [-0.25, -0.2) is 15.0 Å². The minimum absolute atomic E-state index is 0.00262. The van der Waals surface area contributed by atoms with Crippen molar-refractivity contribution in [1.82, 2.24) is 24.6 Å². The van der Waals surface area contributed by atoms with E-state index >= 15 is 0 Å². The number of rotatable bonds is 7. The Kier molecular flexibility index (Phi) is 7.20. The van der Waals surface area contributed by atoms with Gasteiger partial charge in [-0.3, -0.25) is 4.79 Å². The predicted octanol–water partition coefficient (Wildman–Crippen LogP) is 5.08. The lowest BCUT2D eigenvalue weighted by molar-refractivity contribution is -0.144. The lowest BCUT2D eigenvalue weighted by atomic mass is 10.1. The molecular formula is C22H15F9N8O. The number of Topliss-reactive ketones (excluding diaryl/α,β-unsaturated/α-hetero) is 1. The van der Waals surface area contributed by atoms with E-state index in [4.69, 9.17) is 5.73 Å². The van der Waals surface area contributed by atoms with Crippen LogP contribution in [-0.2, 0) is 12.4 Å². The number of pyridine rings is 1. The van der Waals surface area contributed by atoms with Gasteiger partial charge in [-0.1, -0.05) is 12.1 Å². The Morgan fingerprint density at radius 2 is 1.48 bits per heavy atom. The summed E-state index contributed by atoms with van der Waals surface area (Å²) in [5.74, 6) is -4.56. The van der Waals surface area contributed by atoms with Crippen molar-refractivity contribution in [2.75, 3.05) is 29.5 Å². The fourth-order valence-corrected chi connectivity index (χ4v) is 3.38. The summed E-state index contributed by atoms with van der Waals surface area (Å²) < 4.78 is 117. The normalized spacial score (nSPS) is 12.5. The van der Waals surface area contributed by atoms with Gasteiger partial charge in [-0.15, -0.1) is 5.10 Å². The summed E-state index contributed by atoms with van der Waals surface area (Å²) in [6, 6.07) is 6.79. The molecule has 0 aliphatic carbocycles. The van der Waals surface area contributed by atoms with Crippen LogP contribution in [0.5, 0.6) is 0 Å². The number of nitrogens with one attached hydrogen (secondary N) is 2. The number of carbonyl (C=O) groups is 1. The number of nitrogens with two attached hydrogens (primary N) is 1. The maximum atomic E-state index is 13.2. The summed E-state index contributed by atoms with van der Waals surface area (Å²) >= 11 is 0. The number of hydrogen-bond acceptors (Lipinski definition) is 8. The first kappa shape index (κ1) is 28.4. The van der Waals surface area contributed by atoms with E-state index in [1.807, 2.05) is 0 Å². The summed E-state index contributed by atoms with van der Waals surface area (Å²) in [5, 5.41) is 8.80. The van der Waals surface area contributed by atoms with E-state index in [0.717, 1.165) is 47.0 Å². The molecule has 4 aromatic rings. The number of hydrogen-bond donors (Lipinski definition) is 3. The summed E-state index contributed by atoms with van der Waals surface area (Å²) in [6.45, 7) is -0.0852. The Morgan fingerprint density at radius 1 is 0.825 bits per heavy atom. The van der Waals surface area contributed by atoms with Crippen LogP contribution in [0.4, 0.5) is 57.1 Å². The second-order valence-corrected chi connectivity index (χ2v) is 8.05. The molecule has 0 saturated heterocycles. The maximum Gasteiger partial charge on any atom is 0.455 e. The van der Waals surface area contributed by atoms with Crippen molar-refractivity contribution in [1.29, 1.82) is 0 Å². The smallest absolute Gasteiger partial charge is 0.383 e. The van der Waals surface area contributed by atoms with E-state index in [9.17, 15) is 44.3 Å². The number of fused-ring (bicyclic) bond motifs is 1. The topological polar surface area (TPSA) is 123 Å². The van der Waals surface area contributed by atoms with Gasteiger partial charge in [0.2, 0.25) is 5.95 Å². The number of nitrogen functional groups attached to an aromatic ring is 1. The highest BCUT2D eigenvalue weighted by Crippen LogP contribution is 2.32. The molecule has 0 atom stereocenters. The van der Waals surface area contributed by atoms with Gasteiger partial charge in [0.05, 0.1) is 16.8 Å². The molecule has 4 N–H and O–H groups in total. The number of anilines is 3. The van der Waals surface area contributed by atoms with Crippen LogP contribution in [0.2, 0.25) is 0 Å². The molecule has 0 saturated carbocycles. The van der Waals surface area contributed by atoms with Crippen LogP contribution in [0.3, 0.4) is 0 Å². The molecule has 40 heavy (non-hydrogen) atoms. The molecule has 0 amide bonds. The maximum absolute atomic E-state index is 13.2. The summed E-state index contributed by atoms with van der Waals surface area (Å²) in [4.78, 5) is 22.6. The van der Waals surface area contributed by atoms with Crippen LogP contribution in [-0.4, -0.2) is 49.6 Å². The van der Waals surface area contributed by atoms with Crippen molar-refractivity contribution in [2.45, 2.75) is 18.5 Å². The molecule has 1 aromatic carbocycles. The number of alkyl halides is 9. The molecule has 0 bridgehead atoms. The first-order valence-electron chi connectivity index (χ1n) is 10.9. The van der Waals surface area contributed by atoms with E-state index in [1.165, 1.54) is 0 Å². The second-order valence-electron chi connectivity index (χ2n) is 8.05. The average Bonchev–Trinajstić information content (AvgIpc) is 3.30. The van der Waals surface area contributed by atoms with Gasteiger partial charge < -0.3 is 16.4 Å². The third kappa shape index (κ3) is 6.15. The molecule has 3 aromatic heterocycles. The minimum atomic E-state index is -5.14. The van der Waals surface area contributed by atoms with Crippen LogP contribution in [0, 0.1) is 0 Å². The van der Waals surface area contributed by atoms with Crippen LogP contribution in [0.15, 0.2) is 42.5 Å². The van der Waals surface area contributed by atoms with Crippen LogP contribution < -0.4 is 16.4 Å². The molecule has 0 aliphatic rings. The third-order valence-corrected chi connectivity index (χ3v) is 5.23. The molecule has 0 fully saturated rings. The number of ketones is 1. The number of carbonyl (C=O) groups excluding carboxylic acids is 1. The minimum Gasteiger partial charge on any atom is -0.383 e. The SMILES string of the molecule is Nc1nc(NCCNc2nc(-c3ccc(C(F)(F)F)cc3)cc3nc(C(F)(F)F)nn23)ccc1C(=O)C(F)(F)F. The van der Waals surface area contributed by atoms with Gasteiger partial charge in [0, 0.05) is 24.7 Å². The zero-order chi connectivity index (χ0) is 29.5. The lowest BCUT2D eigenvalue weighted by Crippen LogP contribution is -2.24. The van der Waals surface area contributed by atoms with Crippen LogP contribution >= 0.6 is 0 Å². The standard InChI is InChI=1S/C22H15F9N8O/c23-20(24,25)11-3-1-10(2-4-11)13-9-15-37-18(22(29,30)31)38-39(15)19(35-13)34-8-7-33-14-6-5-12(17(32)36-14)16(40)21(26,27)28/h1-6,9H,7-8H2,(H,34,35)(H3,32,33,36). The molecule has 0 spiro atoms. The van der Waals surface area contributed by atoms with E-state index < -0.39 is 47.1 Å². The summed E-state index contributed by atoms with van der Waals surface area (Å²) in [5.41, 5.74) is 3.53. The van der Waals surface area contributed by atoms with E-state index in [2.05, 4.69) is 30.7 Å². The predicted molar refractivity (Wildman–Crippen MR) is 122 cm³/mol. The molecule has 212 valence electrons. The Labute approximate surface area is 217 Å². The second kappa shape index (κ2) is 10.2. The Morgan fingerprint density at radius 3 is 2.05 bits per heavy atom. The first-order chi connectivity index (χ1) is 18.5. The van der Waals surface area contributed by atoms with Crippen molar-refractivity contribution < 1.29 is 44.3 Å². The molecule has 0 aliphatic heterocycles. The van der Waals surface area contributed by atoms with Crippen molar-refractivity contribution in [3.8, 4) is 11.3 Å². The van der Waals surface area contributed by atoms with Gasteiger partial charge in [0.1, 0.15) is 11.6 Å². The van der Waals surface area contributed by atoms with E-state index in [-0.39, 0.29) is 41.8 Å². The van der Waals surface area contributed by atoms with Crippen LogP contribution in [0.25, 0.3) is 16.9 Å². The van der Waals surface area contributed by atoms with Crippen LogP contribution in [0.1, 0.15) is 21.7 Å². The third-order valence-electron chi connectivity index (χ3n) is 5.23. The Bertz CT molecular complexity index is 1540.